The van der Waals surface area contributed by atoms with Crippen molar-refractivity contribution in [2.24, 2.45) is 10.4 Å². The van der Waals surface area contributed by atoms with Crippen LogP contribution in [0, 0.1) is 5.41 Å². The number of hydrogen-bond donors (Lipinski definition) is 3. The van der Waals surface area contributed by atoms with Gasteiger partial charge in [-0.05, 0) is 43.6 Å². The molecule has 1 aromatic carbocycles. The summed E-state index contributed by atoms with van der Waals surface area (Å²) in [5.74, 6) is 1.54. The lowest BCUT2D eigenvalue weighted by Gasteiger charge is -2.35. The maximum atomic E-state index is 9.49. The van der Waals surface area contributed by atoms with Crippen molar-refractivity contribution < 1.29 is 5.11 Å². The van der Waals surface area contributed by atoms with Crippen molar-refractivity contribution in [1.29, 1.82) is 0 Å². The van der Waals surface area contributed by atoms with Crippen molar-refractivity contribution in [1.82, 2.24) is 10.6 Å². The predicted octanol–water partition coefficient (Wildman–Crippen LogP) is 4.05. The molecule has 0 bridgehead atoms. The van der Waals surface area contributed by atoms with Crippen LogP contribution >= 0.6 is 24.0 Å². The van der Waals surface area contributed by atoms with Crippen LogP contribution in [0.4, 0.5) is 0 Å². The second-order valence-electron chi connectivity index (χ2n) is 7.73. The number of nitrogens with one attached hydrogen (secondary N) is 2. The molecule has 3 rings (SSSR count). The Morgan fingerprint density at radius 3 is 2.58 bits per heavy atom. The van der Waals surface area contributed by atoms with Gasteiger partial charge in [0.15, 0.2) is 5.96 Å². The largest absolute Gasteiger partial charge is 0.396 e. The molecule has 146 valence electrons. The number of aliphatic hydroxyl groups excluding tert-OH is 1. The first-order valence-corrected chi connectivity index (χ1v) is 9.97. The lowest BCUT2D eigenvalue weighted by Crippen LogP contribution is -2.40. The van der Waals surface area contributed by atoms with Gasteiger partial charge < -0.3 is 15.7 Å². The summed E-state index contributed by atoms with van der Waals surface area (Å²) in [7, 11) is 0. The molecule has 26 heavy (non-hydrogen) atoms. The van der Waals surface area contributed by atoms with Crippen LogP contribution in [-0.4, -0.2) is 36.8 Å². The zero-order valence-electron chi connectivity index (χ0n) is 15.9. The van der Waals surface area contributed by atoms with Gasteiger partial charge >= 0.3 is 0 Å². The van der Waals surface area contributed by atoms with E-state index in [1.54, 1.807) is 0 Å². The van der Waals surface area contributed by atoms with E-state index in [1.807, 2.05) is 0 Å². The number of nitrogens with zero attached hydrogens (tertiary/aromatic N) is 1. The Labute approximate surface area is 175 Å². The van der Waals surface area contributed by atoms with Crippen molar-refractivity contribution in [3.63, 3.8) is 0 Å². The topological polar surface area (TPSA) is 56.7 Å². The molecular weight excluding hydrogens is 437 g/mol. The van der Waals surface area contributed by atoms with Gasteiger partial charge in [-0.15, -0.1) is 24.0 Å². The van der Waals surface area contributed by atoms with Gasteiger partial charge in [0.25, 0.3) is 0 Å². The fraction of sp³-hybridized carbons (Fsp3) is 0.667. The zero-order chi connectivity index (χ0) is 17.5. The molecule has 0 saturated heterocycles. The Balaban J connectivity index is 0.00000243. The van der Waals surface area contributed by atoms with E-state index in [0.29, 0.717) is 12.0 Å². The van der Waals surface area contributed by atoms with Crippen LogP contribution in [-0.2, 0) is 0 Å². The van der Waals surface area contributed by atoms with Crippen LogP contribution < -0.4 is 10.6 Å². The summed E-state index contributed by atoms with van der Waals surface area (Å²) in [4.78, 5) is 4.92. The number of aliphatic hydroxyl groups is 1. The van der Waals surface area contributed by atoms with E-state index in [0.717, 1.165) is 25.5 Å². The molecule has 4 nitrogen and oxygen atoms in total. The molecule has 2 aliphatic carbocycles. The molecule has 5 heteroatoms. The van der Waals surface area contributed by atoms with Crippen molar-refractivity contribution in [3.8, 4) is 0 Å². The molecule has 3 N–H and O–H groups in total. The van der Waals surface area contributed by atoms with Crippen molar-refractivity contribution >= 4 is 29.9 Å². The molecule has 0 aromatic heterocycles. The molecule has 1 aromatic rings. The molecule has 0 heterocycles. The van der Waals surface area contributed by atoms with Crippen LogP contribution in [0.2, 0.25) is 0 Å². The normalized spacial score (nSPS) is 24.5. The molecule has 2 saturated carbocycles. The Bertz CT molecular complexity index is 552. The van der Waals surface area contributed by atoms with E-state index >= 15 is 0 Å². The van der Waals surface area contributed by atoms with Gasteiger partial charge in [0.2, 0.25) is 0 Å². The highest BCUT2D eigenvalue weighted by Gasteiger charge is 2.39. The summed E-state index contributed by atoms with van der Waals surface area (Å²) >= 11 is 0. The first-order chi connectivity index (χ1) is 12.3. The van der Waals surface area contributed by atoms with Gasteiger partial charge in [-0.25, -0.2) is 0 Å². The molecule has 0 radical (unpaired) electrons. The monoisotopic (exact) mass is 471 g/mol. The van der Waals surface area contributed by atoms with Gasteiger partial charge in [0.05, 0.1) is 0 Å². The SMILES string of the molecule is CCNC(=NCC1(CCO)CCCCC1)NC1CC1c1ccccc1.I. The number of hydrogen-bond acceptors (Lipinski definition) is 2. The molecule has 2 unspecified atom stereocenters. The minimum atomic E-state index is 0. The first kappa shape index (κ1) is 21.5. The van der Waals surface area contributed by atoms with Crippen LogP contribution in [0.1, 0.15) is 63.4 Å². The molecule has 2 fully saturated rings. The third-order valence-electron chi connectivity index (χ3n) is 5.81. The standard InChI is InChI=1S/C21H33N3O.HI/c1-2-22-20(23-16-21(13-14-25)11-7-4-8-12-21)24-19-15-18(19)17-9-5-3-6-10-17;/h3,5-6,9-10,18-19,25H,2,4,7-8,11-16H2,1H3,(H2,22,23,24);1H. The summed E-state index contributed by atoms with van der Waals surface area (Å²) < 4.78 is 0. The van der Waals surface area contributed by atoms with Crippen LogP contribution in [0.15, 0.2) is 35.3 Å². The van der Waals surface area contributed by atoms with E-state index in [4.69, 9.17) is 4.99 Å². The second-order valence-corrected chi connectivity index (χ2v) is 7.73. The van der Waals surface area contributed by atoms with Crippen LogP contribution in [0.3, 0.4) is 0 Å². The molecule has 2 aliphatic rings. The number of aliphatic imine (C=N–C) groups is 1. The maximum Gasteiger partial charge on any atom is 0.191 e. The summed E-state index contributed by atoms with van der Waals surface area (Å²) in [5.41, 5.74) is 1.62. The summed E-state index contributed by atoms with van der Waals surface area (Å²) in [6.45, 7) is 4.09. The summed E-state index contributed by atoms with van der Waals surface area (Å²) in [6.07, 6.45) is 8.34. The predicted molar refractivity (Wildman–Crippen MR) is 119 cm³/mol. The zero-order valence-corrected chi connectivity index (χ0v) is 18.2. The molecule has 0 spiro atoms. The quantitative estimate of drug-likeness (QED) is 0.320. The lowest BCUT2D eigenvalue weighted by atomic mass is 9.72. The maximum absolute atomic E-state index is 9.49. The lowest BCUT2D eigenvalue weighted by molar-refractivity contribution is 0.137. The fourth-order valence-corrected chi connectivity index (χ4v) is 4.19. The number of rotatable bonds is 7. The number of benzene rings is 1. The minimum absolute atomic E-state index is 0. The number of halogens is 1. The fourth-order valence-electron chi connectivity index (χ4n) is 4.19. The Morgan fingerprint density at radius 2 is 1.92 bits per heavy atom. The molecular formula is C21H34IN3O. The van der Waals surface area contributed by atoms with E-state index in [2.05, 4.69) is 47.9 Å². The Hall–Kier alpha value is -0.820. The van der Waals surface area contributed by atoms with Gasteiger partial charge in [0, 0.05) is 31.7 Å². The van der Waals surface area contributed by atoms with Gasteiger partial charge in [0.1, 0.15) is 0 Å². The second kappa shape index (κ2) is 10.5. The average molecular weight is 471 g/mol. The average Bonchev–Trinajstić information content (AvgIpc) is 3.41. The van der Waals surface area contributed by atoms with Gasteiger partial charge in [-0.1, -0.05) is 49.6 Å². The molecule has 2 atom stereocenters. The highest BCUT2D eigenvalue weighted by molar-refractivity contribution is 14.0. The minimum Gasteiger partial charge on any atom is -0.396 e. The molecule has 0 aliphatic heterocycles. The van der Waals surface area contributed by atoms with E-state index < -0.39 is 0 Å². The van der Waals surface area contributed by atoms with Crippen LogP contribution in [0.5, 0.6) is 0 Å². The highest BCUT2D eigenvalue weighted by Crippen LogP contribution is 2.41. The number of guanidine groups is 1. The van der Waals surface area contributed by atoms with Crippen molar-refractivity contribution in [3.05, 3.63) is 35.9 Å². The first-order valence-electron chi connectivity index (χ1n) is 9.97. The van der Waals surface area contributed by atoms with E-state index in [-0.39, 0.29) is 36.0 Å². The Morgan fingerprint density at radius 1 is 1.19 bits per heavy atom. The van der Waals surface area contributed by atoms with Gasteiger partial charge in [-0.2, -0.15) is 0 Å². The van der Waals surface area contributed by atoms with E-state index in [9.17, 15) is 5.11 Å². The van der Waals surface area contributed by atoms with E-state index in [1.165, 1.54) is 44.1 Å². The third-order valence-corrected chi connectivity index (χ3v) is 5.81. The molecule has 0 amide bonds. The highest BCUT2D eigenvalue weighted by atomic mass is 127. The van der Waals surface area contributed by atoms with Gasteiger partial charge in [-0.3, -0.25) is 4.99 Å². The summed E-state index contributed by atoms with van der Waals surface area (Å²) in [6, 6.07) is 11.2. The van der Waals surface area contributed by atoms with Crippen molar-refractivity contribution in [2.45, 2.75) is 63.8 Å². The third kappa shape index (κ3) is 5.84. The Kier molecular flexibility index (Phi) is 8.67. The van der Waals surface area contributed by atoms with Crippen molar-refractivity contribution in [2.75, 3.05) is 19.7 Å². The summed E-state index contributed by atoms with van der Waals surface area (Å²) in [5, 5.41) is 16.5. The smallest absolute Gasteiger partial charge is 0.191 e. The van der Waals surface area contributed by atoms with Crippen LogP contribution in [0.25, 0.3) is 0 Å².